The number of carbonyl (C=O) groups excluding carboxylic acids is 1. The Balaban J connectivity index is 0.00000441. The lowest BCUT2D eigenvalue weighted by Gasteiger charge is -2.18. The van der Waals surface area contributed by atoms with Crippen molar-refractivity contribution >= 4 is 18.3 Å². The number of aryl methyl sites for hydroxylation is 1. The van der Waals surface area contributed by atoms with Gasteiger partial charge in [0, 0.05) is 19.0 Å². The smallest absolute Gasteiger partial charge is 0.220 e. The van der Waals surface area contributed by atoms with E-state index >= 15 is 0 Å². The minimum absolute atomic E-state index is 0. The number of hydrogen-bond donors (Lipinski definition) is 2. The van der Waals surface area contributed by atoms with Gasteiger partial charge in [0.2, 0.25) is 5.91 Å². The van der Waals surface area contributed by atoms with E-state index in [1.165, 1.54) is 0 Å². The molecule has 126 valence electrons. The molecule has 1 aromatic rings. The lowest BCUT2D eigenvalue weighted by molar-refractivity contribution is -0.121. The molecule has 0 fully saturated rings. The molecule has 0 heterocycles. The van der Waals surface area contributed by atoms with Gasteiger partial charge in [0.25, 0.3) is 0 Å². The molecule has 1 atom stereocenters. The van der Waals surface area contributed by atoms with Crippen molar-refractivity contribution in [3.8, 4) is 5.75 Å². The second-order valence-corrected chi connectivity index (χ2v) is 5.71. The van der Waals surface area contributed by atoms with Crippen LogP contribution in [0.2, 0.25) is 0 Å². The van der Waals surface area contributed by atoms with E-state index in [2.05, 4.69) is 19.2 Å². The van der Waals surface area contributed by atoms with Crippen molar-refractivity contribution in [3.05, 3.63) is 29.8 Å². The molecule has 4 nitrogen and oxygen atoms in total. The molecule has 0 radical (unpaired) electrons. The maximum Gasteiger partial charge on any atom is 0.220 e. The monoisotopic (exact) mass is 328 g/mol. The van der Waals surface area contributed by atoms with Crippen LogP contribution in [0, 0.1) is 5.92 Å². The predicted octanol–water partition coefficient (Wildman–Crippen LogP) is 2.93. The quantitative estimate of drug-likeness (QED) is 0.732. The molecule has 5 heteroatoms. The van der Waals surface area contributed by atoms with Gasteiger partial charge in [-0.05, 0) is 43.4 Å². The van der Waals surface area contributed by atoms with Gasteiger partial charge in [0.05, 0.1) is 6.61 Å². The average Bonchev–Trinajstić information content (AvgIpc) is 2.45. The van der Waals surface area contributed by atoms with E-state index in [9.17, 15) is 4.79 Å². The first kappa shape index (κ1) is 20.7. The molecule has 0 aliphatic heterocycles. The Labute approximate surface area is 140 Å². The predicted molar refractivity (Wildman–Crippen MR) is 93.6 cm³/mol. The third-order valence-corrected chi connectivity index (χ3v) is 3.28. The fourth-order valence-electron chi connectivity index (χ4n) is 2.26. The summed E-state index contributed by atoms with van der Waals surface area (Å²) in [6, 6.07) is 7.98. The Morgan fingerprint density at radius 3 is 2.41 bits per heavy atom. The molecule has 0 spiro atoms. The van der Waals surface area contributed by atoms with Crippen molar-refractivity contribution in [2.75, 3.05) is 13.2 Å². The number of carbonyl (C=O) groups is 1. The summed E-state index contributed by atoms with van der Waals surface area (Å²) in [5, 5.41) is 3.01. The van der Waals surface area contributed by atoms with Gasteiger partial charge in [0.1, 0.15) is 5.75 Å². The third kappa shape index (κ3) is 8.25. The second-order valence-electron chi connectivity index (χ2n) is 5.71. The van der Waals surface area contributed by atoms with Crippen LogP contribution < -0.4 is 15.8 Å². The minimum atomic E-state index is 0. The summed E-state index contributed by atoms with van der Waals surface area (Å²) in [6.07, 6.45) is 2.14. The van der Waals surface area contributed by atoms with Crippen LogP contribution in [0.15, 0.2) is 24.3 Å². The summed E-state index contributed by atoms with van der Waals surface area (Å²) in [5.74, 6) is 1.47. The highest BCUT2D eigenvalue weighted by Crippen LogP contribution is 2.13. The molecule has 3 N–H and O–H groups in total. The lowest BCUT2D eigenvalue weighted by Crippen LogP contribution is -2.41. The number of halogens is 1. The molecular formula is C17H29ClN2O2. The molecule has 0 aliphatic carbocycles. The lowest BCUT2D eigenvalue weighted by atomic mass is 10.0. The van der Waals surface area contributed by atoms with Crippen LogP contribution in [-0.4, -0.2) is 25.1 Å². The van der Waals surface area contributed by atoms with Crippen molar-refractivity contribution in [3.63, 3.8) is 0 Å². The molecule has 0 saturated carbocycles. The van der Waals surface area contributed by atoms with Gasteiger partial charge in [-0.15, -0.1) is 12.4 Å². The van der Waals surface area contributed by atoms with E-state index in [4.69, 9.17) is 10.5 Å². The van der Waals surface area contributed by atoms with Crippen LogP contribution in [0.5, 0.6) is 5.75 Å². The summed E-state index contributed by atoms with van der Waals surface area (Å²) < 4.78 is 5.40. The largest absolute Gasteiger partial charge is 0.494 e. The third-order valence-electron chi connectivity index (χ3n) is 3.28. The van der Waals surface area contributed by atoms with Gasteiger partial charge in [-0.2, -0.15) is 0 Å². The van der Waals surface area contributed by atoms with Crippen molar-refractivity contribution in [1.82, 2.24) is 5.32 Å². The molecule has 1 rings (SSSR count). The summed E-state index contributed by atoms with van der Waals surface area (Å²) in [7, 11) is 0. The average molecular weight is 329 g/mol. The van der Waals surface area contributed by atoms with Crippen LogP contribution in [0.1, 0.15) is 39.2 Å². The van der Waals surface area contributed by atoms with Crippen LogP contribution in [0.25, 0.3) is 0 Å². The van der Waals surface area contributed by atoms with Gasteiger partial charge in [-0.25, -0.2) is 0 Å². The summed E-state index contributed by atoms with van der Waals surface area (Å²) in [4.78, 5) is 11.9. The molecule has 0 aromatic heterocycles. The summed E-state index contributed by atoms with van der Waals surface area (Å²) in [6.45, 7) is 7.39. The highest BCUT2D eigenvalue weighted by atomic mass is 35.5. The van der Waals surface area contributed by atoms with Gasteiger partial charge < -0.3 is 15.8 Å². The number of rotatable bonds is 9. The van der Waals surface area contributed by atoms with Crippen LogP contribution in [0.3, 0.4) is 0 Å². The first-order chi connectivity index (χ1) is 10.0. The second kappa shape index (κ2) is 11.3. The van der Waals surface area contributed by atoms with Gasteiger partial charge in [-0.1, -0.05) is 26.0 Å². The van der Waals surface area contributed by atoms with Crippen molar-refractivity contribution in [2.45, 2.75) is 46.1 Å². The summed E-state index contributed by atoms with van der Waals surface area (Å²) >= 11 is 0. The maximum absolute atomic E-state index is 11.9. The number of ether oxygens (including phenoxy) is 1. The zero-order valence-electron chi connectivity index (χ0n) is 13.8. The van der Waals surface area contributed by atoms with Crippen molar-refractivity contribution in [1.29, 1.82) is 0 Å². The molecule has 0 aliphatic rings. The number of hydrogen-bond acceptors (Lipinski definition) is 3. The topological polar surface area (TPSA) is 64.3 Å². The number of benzene rings is 1. The SMILES string of the molecule is CCOc1ccc(CCC(=O)NC(CN)CC(C)C)cc1.Cl. The van der Waals surface area contributed by atoms with E-state index < -0.39 is 0 Å². The molecule has 1 aromatic carbocycles. The van der Waals surface area contributed by atoms with Crippen LogP contribution in [0.4, 0.5) is 0 Å². The van der Waals surface area contributed by atoms with Gasteiger partial charge in [-0.3, -0.25) is 4.79 Å². The highest BCUT2D eigenvalue weighted by Gasteiger charge is 2.12. The van der Waals surface area contributed by atoms with Gasteiger partial charge in [0.15, 0.2) is 0 Å². The van der Waals surface area contributed by atoms with Crippen LogP contribution >= 0.6 is 12.4 Å². The van der Waals surface area contributed by atoms with E-state index in [-0.39, 0.29) is 24.4 Å². The zero-order valence-corrected chi connectivity index (χ0v) is 14.6. The minimum Gasteiger partial charge on any atom is -0.494 e. The summed E-state index contributed by atoms with van der Waals surface area (Å²) in [5.41, 5.74) is 6.83. The number of nitrogens with two attached hydrogens (primary N) is 1. The van der Waals surface area contributed by atoms with E-state index in [1.807, 2.05) is 31.2 Å². The molecule has 0 saturated heterocycles. The normalized spacial score (nSPS) is 11.7. The molecule has 1 unspecified atom stereocenters. The standard InChI is InChI=1S/C17H28N2O2.ClH/c1-4-21-16-8-5-14(6-9-16)7-10-17(20)19-15(12-18)11-13(2)3;/h5-6,8-9,13,15H,4,7,10-12,18H2,1-3H3,(H,19,20);1H. The Kier molecular flexibility index (Phi) is 10.7. The maximum atomic E-state index is 11.9. The highest BCUT2D eigenvalue weighted by molar-refractivity contribution is 5.85. The zero-order chi connectivity index (χ0) is 15.7. The molecule has 22 heavy (non-hydrogen) atoms. The van der Waals surface area contributed by atoms with E-state index in [1.54, 1.807) is 0 Å². The first-order valence-corrected chi connectivity index (χ1v) is 7.76. The van der Waals surface area contributed by atoms with Gasteiger partial charge >= 0.3 is 0 Å². The van der Waals surface area contributed by atoms with Crippen molar-refractivity contribution in [2.24, 2.45) is 11.7 Å². The first-order valence-electron chi connectivity index (χ1n) is 7.76. The molecule has 1 amide bonds. The van der Waals surface area contributed by atoms with E-state index in [0.29, 0.717) is 25.5 Å². The van der Waals surface area contributed by atoms with E-state index in [0.717, 1.165) is 24.2 Å². The Hall–Kier alpha value is -1.26. The fourth-order valence-corrected chi connectivity index (χ4v) is 2.26. The van der Waals surface area contributed by atoms with Crippen molar-refractivity contribution < 1.29 is 9.53 Å². The Bertz CT molecular complexity index is 421. The Morgan fingerprint density at radius 1 is 1.27 bits per heavy atom. The number of amides is 1. The van der Waals surface area contributed by atoms with Crippen LogP contribution in [-0.2, 0) is 11.2 Å². The Morgan fingerprint density at radius 2 is 1.91 bits per heavy atom. The molecule has 0 bridgehead atoms. The number of nitrogens with one attached hydrogen (secondary N) is 1. The molecular weight excluding hydrogens is 300 g/mol. The fraction of sp³-hybridized carbons (Fsp3) is 0.588.